The van der Waals surface area contributed by atoms with Gasteiger partial charge in [-0.3, -0.25) is 9.69 Å². The van der Waals surface area contributed by atoms with E-state index >= 15 is 0 Å². The van der Waals surface area contributed by atoms with Crippen LogP contribution in [0.15, 0.2) is 0 Å². The Morgan fingerprint density at radius 1 is 1.26 bits per heavy atom. The molecule has 0 spiro atoms. The highest BCUT2D eigenvalue weighted by atomic mass is 16.3. The maximum Gasteiger partial charge on any atom is 0.236 e. The first-order chi connectivity index (χ1) is 8.88. The summed E-state index contributed by atoms with van der Waals surface area (Å²) in [5.41, 5.74) is -0.716. The molecule has 2 unspecified atom stereocenters. The SMILES string of the molecule is CC1CCCN(C(=O)CN2CCCC2C(C)(C)O)C1. The Morgan fingerprint density at radius 2 is 1.95 bits per heavy atom. The van der Waals surface area contributed by atoms with E-state index in [9.17, 15) is 9.90 Å². The van der Waals surface area contributed by atoms with Gasteiger partial charge in [0.25, 0.3) is 0 Å². The van der Waals surface area contributed by atoms with Crippen LogP contribution >= 0.6 is 0 Å². The molecule has 2 rings (SSSR count). The monoisotopic (exact) mass is 268 g/mol. The highest BCUT2D eigenvalue weighted by Gasteiger charge is 2.37. The first kappa shape index (κ1) is 14.8. The third kappa shape index (κ3) is 3.69. The van der Waals surface area contributed by atoms with Crippen LogP contribution in [0.1, 0.15) is 46.5 Å². The van der Waals surface area contributed by atoms with Gasteiger partial charge in [-0.15, -0.1) is 0 Å². The molecule has 2 heterocycles. The topological polar surface area (TPSA) is 43.8 Å². The lowest BCUT2D eigenvalue weighted by atomic mass is 9.96. The Balaban J connectivity index is 1.91. The quantitative estimate of drug-likeness (QED) is 0.843. The normalized spacial score (nSPS) is 29.8. The van der Waals surface area contributed by atoms with Gasteiger partial charge in [-0.2, -0.15) is 0 Å². The van der Waals surface area contributed by atoms with E-state index in [4.69, 9.17) is 0 Å². The molecule has 2 atom stereocenters. The number of nitrogens with zero attached hydrogens (tertiary/aromatic N) is 2. The van der Waals surface area contributed by atoms with Gasteiger partial charge in [0.15, 0.2) is 0 Å². The molecular weight excluding hydrogens is 240 g/mol. The number of hydrogen-bond donors (Lipinski definition) is 1. The van der Waals surface area contributed by atoms with E-state index < -0.39 is 5.60 Å². The zero-order valence-electron chi connectivity index (χ0n) is 12.6. The molecule has 110 valence electrons. The molecule has 4 heteroatoms. The van der Waals surface area contributed by atoms with Crippen LogP contribution in [0.2, 0.25) is 0 Å². The molecule has 1 amide bonds. The zero-order chi connectivity index (χ0) is 14.0. The van der Waals surface area contributed by atoms with Crippen molar-refractivity contribution in [2.24, 2.45) is 5.92 Å². The minimum absolute atomic E-state index is 0.124. The molecule has 2 fully saturated rings. The summed E-state index contributed by atoms with van der Waals surface area (Å²) in [7, 11) is 0. The molecule has 0 saturated carbocycles. The Labute approximate surface area is 116 Å². The van der Waals surface area contributed by atoms with Crippen molar-refractivity contribution in [1.29, 1.82) is 0 Å². The van der Waals surface area contributed by atoms with Crippen molar-refractivity contribution in [3.8, 4) is 0 Å². The molecule has 2 aliphatic rings. The molecule has 0 aromatic rings. The minimum atomic E-state index is -0.716. The van der Waals surface area contributed by atoms with Gasteiger partial charge in [0.1, 0.15) is 0 Å². The number of rotatable bonds is 3. The second-order valence-corrected chi connectivity index (χ2v) is 6.87. The molecule has 0 aromatic heterocycles. The van der Waals surface area contributed by atoms with Crippen molar-refractivity contribution in [2.75, 3.05) is 26.2 Å². The van der Waals surface area contributed by atoms with E-state index in [0.29, 0.717) is 12.5 Å². The van der Waals surface area contributed by atoms with Crippen molar-refractivity contribution < 1.29 is 9.90 Å². The smallest absolute Gasteiger partial charge is 0.236 e. The van der Waals surface area contributed by atoms with E-state index in [1.165, 1.54) is 6.42 Å². The number of piperidine rings is 1. The molecule has 4 nitrogen and oxygen atoms in total. The van der Waals surface area contributed by atoms with Gasteiger partial charge in [0.05, 0.1) is 12.1 Å². The summed E-state index contributed by atoms with van der Waals surface area (Å²) in [6.45, 7) is 9.14. The highest BCUT2D eigenvalue weighted by Crippen LogP contribution is 2.26. The average Bonchev–Trinajstić information content (AvgIpc) is 2.77. The molecule has 1 N–H and O–H groups in total. The van der Waals surface area contributed by atoms with Crippen molar-refractivity contribution in [2.45, 2.75) is 58.1 Å². The van der Waals surface area contributed by atoms with Gasteiger partial charge in [-0.25, -0.2) is 0 Å². The van der Waals surface area contributed by atoms with Crippen molar-refractivity contribution in [1.82, 2.24) is 9.80 Å². The summed E-state index contributed by atoms with van der Waals surface area (Å²) in [5, 5.41) is 10.2. The highest BCUT2D eigenvalue weighted by molar-refractivity contribution is 5.78. The van der Waals surface area contributed by atoms with Crippen molar-refractivity contribution in [3.63, 3.8) is 0 Å². The number of carbonyl (C=O) groups excluding carboxylic acids is 1. The zero-order valence-corrected chi connectivity index (χ0v) is 12.6. The van der Waals surface area contributed by atoms with Crippen LogP contribution in [0.5, 0.6) is 0 Å². The van der Waals surface area contributed by atoms with E-state index in [-0.39, 0.29) is 11.9 Å². The molecule has 0 aromatic carbocycles. The second kappa shape index (κ2) is 5.80. The van der Waals surface area contributed by atoms with Crippen LogP contribution in [0.25, 0.3) is 0 Å². The van der Waals surface area contributed by atoms with E-state index in [0.717, 1.165) is 38.9 Å². The summed E-state index contributed by atoms with van der Waals surface area (Å²) in [6, 6.07) is 0.124. The fourth-order valence-electron chi connectivity index (χ4n) is 3.51. The van der Waals surface area contributed by atoms with Crippen LogP contribution in [0, 0.1) is 5.92 Å². The van der Waals surface area contributed by atoms with Gasteiger partial charge < -0.3 is 10.0 Å². The van der Waals surface area contributed by atoms with Gasteiger partial charge in [0, 0.05) is 19.1 Å². The van der Waals surface area contributed by atoms with Crippen molar-refractivity contribution >= 4 is 5.91 Å². The molecule has 19 heavy (non-hydrogen) atoms. The maximum atomic E-state index is 12.4. The van der Waals surface area contributed by atoms with Crippen LogP contribution in [0.4, 0.5) is 0 Å². The number of likely N-dealkylation sites (tertiary alicyclic amines) is 2. The lowest BCUT2D eigenvalue weighted by Gasteiger charge is -2.36. The predicted molar refractivity (Wildman–Crippen MR) is 75.9 cm³/mol. The number of aliphatic hydroxyl groups is 1. The Kier molecular flexibility index (Phi) is 4.51. The average molecular weight is 268 g/mol. The standard InChI is InChI=1S/C15H28N2O2/c1-12-6-4-9-17(10-12)14(18)11-16-8-5-7-13(16)15(2,3)19/h12-13,19H,4-11H2,1-3H3. The molecule has 0 bridgehead atoms. The fraction of sp³-hybridized carbons (Fsp3) is 0.933. The molecule has 2 aliphatic heterocycles. The van der Waals surface area contributed by atoms with Gasteiger partial charge >= 0.3 is 0 Å². The minimum Gasteiger partial charge on any atom is -0.389 e. The summed E-state index contributed by atoms with van der Waals surface area (Å²) in [6.07, 6.45) is 4.44. The lowest BCUT2D eigenvalue weighted by Crippen LogP contribution is -2.50. The lowest BCUT2D eigenvalue weighted by molar-refractivity contribution is -0.135. The molecular formula is C15H28N2O2. The Bertz CT molecular complexity index is 325. The molecule has 2 saturated heterocycles. The second-order valence-electron chi connectivity index (χ2n) is 6.87. The molecule has 0 radical (unpaired) electrons. The van der Waals surface area contributed by atoms with Crippen LogP contribution in [-0.4, -0.2) is 58.6 Å². The van der Waals surface area contributed by atoms with Gasteiger partial charge in [-0.1, -0.05) is 6.92 Å². The van der Waals surface area contributed by atoms with E-state index in [1.54, 1.807) is 0 Å². The number of amides is 1. The first-order valence-corrected chi connectivity index (χ1v) is 7.62. The Morgan fingerprint density at radius 3 is 2.58 bits per heavy atom. The third-order valence-corrected chi connectivity index (χ3v) is 4.53. The first-order valence-electron chi connectivity index (χ1n) is 7.62. The van der Waals surface area contributed by atoms with E-state index in [2.05, 4.69) is 11.8 Å². The number of carbonyl (C=O) groups is 1. The van der Waals surface area contributed by atoms with Crippen LogP contribution < -0.4 is 0 Å². The summed E-state index contributed by atoms with van der Waals surface area (Å²) in [4.78, 5) is 16.6. The molecule has 0 aliphatic carbocycles. The van der Waals surface area contributed by atoms with Gasteiger partial charge in [-0.05, 0) is 52.0 Å². The summed E-state index contributed by atoms with van der Waals surface area (Å²) < 4.78 is 0. The maximum absolute atomic E-state index is 12.4. The number of hydrogen-bond acceptors (Lipinski definition) is 3. The largest absolute Gasteiger partial charge is 0.389 e. The van der Waals surface area contributed by atoms with Crippen LogP contribution in [0.3, 0.4) is 0 Å². The van der Waals surface area contributed by atoms with Crippen LogP contribution in [-0.2, 0) is 4.79 Å². The summed E-state index contributed by atoms with van der Waals surface area (Å²) in [5.74, 6) is 0.865. The fourth-order valence-corrected chi connectivity index (χ4v) is 3.51. The summed E-state index contributed by atoms with van der Waals surface area (Å²) >= 11 is 0. The Hall–Kier alpha value is -0.610. The predicted octanol–water partition coefficient (Wildman–Crippen LogP) is 1.48. The van der Waals surface area contributed by atoms with E-state index in [1.807, 2.05) is 18.7 Å². The third-order valence-electron chi connectivity index (χ3n) is 4.53. The van der Waals surface area contributed by atoms with Gasteiger partial charge in [0.2, 0.25) is 5.91 Å². The van der Waals surface area contributed by atoms with Crippen molar-refractivity contribution in [3.05, 3.63) is 0 Å².